The highest BCUT2D eigenvalue weighted by molar-refractivity contribution is 7.15. The van der Waals surface area contributed by atoms with Gasteiger partial charge in [0.1, 0.15) is 0 Å². The monoisotopic (exact) mass is 410 g/mol. The van der Waals surface area contributed by atoms with Gasteiger partial charge in [-0.2, -0.15) is 4.98 Å². The van der Waals surface area contributed by atoms with Gasteiger partial charge in [0.15, 0.2) is 0 Å². The smallest absolute Gasteiger partial charge is 0.258 e. The fourth-order valence-corrected chi connectivity index (χ4v) is 4.11. The van der Waals surface area contributed by atoms with Gasteiger partial charge in [0.25, 0.3) is 11.9 Å². The molecule has 0 spiro atoms. The summed E-state index contributed by atoms with van der Waals surface area (Å²) in [5.74, 6) is 0.0668. The molecule has 5 rings (SSSR count). The fraction of sp³-hybridized carbons (Fsp3) is 0.0417. The molecule has 0 unspecified atom stereocenters. The third kappa shape index (κ3) is 3.49. The van der Waals surface area contributed by atoms with Crippen LogP contribution in [0.15, 0.2) is 84.2 Å². The first kappa shape index (κ1) is 18.3. The number of aromatic nitrogens is 3. The molecular weight excluding hydrogens is 392 g/mol. The number of fused-ring (bicyclic) bond motifs is 1. The highest BCUT2D eigenvalue weighted by Gasteiger charge is 2.14. The molecule has 0 saturated heterocycles. The highest BCUT2D eigenvalue weighted by Crippen LogP contribution is 2.26. The number of hydrogen-bond acceptors (Lipinski definition) is 4. The summed E-state index contributed by atoms with van der Waals surface area (Å²) < 4.78 is 1.77. The minimum Gasteiger partial charge on any atom is -0.289 e. The van der Waals surface area contributed by atoms with Gasteiger partial charge in [0, 0.05) is 16.5 Å². The molecule has 0 fully saturated rings. The second kappa shape index (κ2) is 7.57. The zero-order valence-corrected chi connectivity index (χ0v) is 17.1. The van der Waals surface area contributed by atoms with Crippen LogP contribution in [0.3, 0.4) is 0 Å². The Morgan fingerprint density at radius 1 is 0.867 bits per heavy atom. The molecule has 0 saturated carbocycles. The number of rotatable bonds is 4. The summed E-state index contributed by atoms with van der Waals surface area (Å²) in [4.78, 5) is 17.8. The van der Waals surface area contributed by atoms with Gasteiger partial charge in [-0.15, -0.1) is 16.4 Å². The van der Waals surface area contributed by atoms with E-state index in [9.17, 15) is 4.79 Å². The number of benzene rings is 3. The number of nitrogens with one attached hydrogen (secondary N) is 1. The van der Waals surface area contributed by atoms with E-state index in [1.54, 1.807) is 4.52 Å². The van der Waals surface area contributed by atoms with Crippen LogP contribution in [0.4, 0.5) is 5.95 Å². The SMILES string of the molecule is Cc1ccc(-c2csc3nc(NC(=O)c4ccc(-c5ccccc5)cc4)nn23)cc1. The first-order valence-corrected chi connectivity index (χ1v) is 10.4. The number of hydrogen-bond donors (Lipinski definition) is 1. The van der Waals surface area contributed by atoms with Crippen LogP contribution in [-0.2, 0) is 0 Å². The number of carbonyl (C=O) groups is 1. The summed E-state index contributed by atoms with van der Waals surface area (Å²) in [6.45, 7) is 2.06. The molecule has 3 aromatic carbocycles. The van der Waals surface area contributed by atoms with Crippen molar-refractivity contribution >= 4 is 28.2 Å². The lowest BCUT2D eigenvalue weighted by molar-refractivity contribution is 0.102. The van der Waals surface area contributed by atoms with Crippen molar-refractivity contribution in [3.05, 3.63) is 95.4 Å². The molecule has 1 N–H and O–H groups in total. The van der Waals surface area contributed by atoms with E-state index < -0.39 is 0 Å². The van der Waals surface area contributed by atoms with Gasteiger partial charge in [0.2, 0.25) is 4.96 Å². The first-order valence-electron chi connectivity index (χ1n) is 9.55. The molecular formula is C24H18N4OS. The molecule has 2 aromatic heterocycles. The van der Waals surface area contributed by atoms with E-state index in [1.165, 1.54) is 16.9 Å². The molecule has 0 aliphatic rings. The van der Waals surface area contributed by atoms with Gasteiger partial charge in [-0.1, -0.05) is 72.3 Å². The van der Waals surface area contributed by atoms with Crippen LogP contribution >= 0.6 is 11.3 Å². The van der Waals surface area contributed by atoms with Crippen LogP contribution in [0.25, 0.3) is 27.3 Å². The van der Waals surface area contributed by atoms with Crippen molar-refractivity contribution in [2.24, 2.45) is 0 Å². The van der Waals surface area contributed by atoms with E-state index in [4.69, 9.17) is 0 Å². The van der Waals surface area contributed by atoms with Crippen LogP contribution < -0.4 is 5.32 Å². The number of thiazole rings is 1. The molecule has 5 nitrogen and oxygen atoms in total. The minimum absolute atomic E-state index is 0.232. The number of carbonyl (C=O) groups excluding carboxylic acids is 1. The Labute approximate surface area is 177 Å². The average molecular weight is 411 g/mol. The Bertz CT molecular complexity index is 1320. The second-order valence-corrected chi connectivity index (χ2v) is 7.85. The summed E-state index contributed by atoms with van der Waals surface area (Å²) in [5, 5.41) is 9.31. The topological polar surface area (TPSA) is 59.3 Å². The summed E-state index contributed by atoms with van der Waals surface area (Å²) in [6, 6.07) is 25.8. The normalized spacial score (nSPS) is 11.0. The Hall–Kier alpha value is -3.77. The van der Waals surface area contributed by atoms with E-state index in [1.807, 2.05) is 60.0 Å². The molecule has 146 valence electrons. The van der Waals surface area contributed by atoms with Gasteiger partial charge in [-0.05, 0) is 30.2 Å². The highest BCUT2D eigenvalue weighted by atomic mass is 32.1. The number of anilines is 1. The Kier molecular flexibility index (Phi) is 4.61. The summed E-state index contributed by atoms with van der Waals surface area (Å²) >= 11 is 1.49. The lowest BCUT2D eigenvalue weighted by atomic mass is 10.0. The summed E-state index contributed by atoms with van der Waals surface area (Å²) in [6.07, 6.45) is 0. The quantitative estimate of drug-likeness (QED) is 0.414. The molecule has 0 aliphatic carbocycles. The van der Waals surface area contributed by atoms with Gasteiger partial charge in [0.05, 0.1) is 5.69 Å². The zero-order valence-electron chi connectivity index (χ0n) is 16.2. The van der Waals surface area contributed by atoms with Crippen LogP contribution in [-0.4, -0.2) is 20.5 Å². The van der Waals surface area contributed by atoms with Gasteiger partial charge < -0.3 is 0 Å². The van der Waals surface area contributed by atoms with Crippen LogP contribution in [0.5, 0.6) is 0 Å². The Morgan fingerprint density at radius 3 is 2.27 bits per heavy atom. The lowest BCUT2D eigenvalue weighted by Crippen LogP contribution is -2.13. The number of nitrogens with zero attached hydrogens (tertiary/aromatic N) is 3. The van der Waals surface area contributed by atoms with Crippen molar-refractivity contribution in [3.8, 4) is 22.4 Å². The van der Waals surface area contributed by atoms with Crippen molar-refractivity contribution in [2.45, 2.75) is 6.92 Å². The van der Waals surface area contributed by atoms with Crippen molar-refractivity contribution in [3.63, 3.8) is 0 Å². The van der Waals surface area contributed by atoms with Crippen molar-refractivity contribution in [1.29, 1.82) is 0 Å². The van der Waals surface area contributed by atoms with Crippen molar-refractivity contribution in [1.82, 2.24) is 14.6 Å². The number of aryl methyl sites for hydroxylation is 1. The van der Waals surface area contributed by atoms with Gasteiger partial charge in [-0.3, -0.25) is 10.1 Å². The van der Waals surface area contributed by atoms with E-state index >= 15 is 0 Å². The molecule has 0 bridgehead atoms. The van der Waals surface area contributed by atoms with Crippen molar-refractivity contribution in [2.75, 3.05) is 5.32 Å². The molecule has 0 radical (unpaired) electrons. The van der Waals surface area contributed by atoms with Gasteiger partial charge in [-0.25, -0.2) is 4.52 Å². The molecule has 30 heavy (non-hydrogen) atoms. The van der Waals surface area contributed by atoms with E-state index in [-0.39, 0.29) is 5.91 Å². The fourth-order valence-electron chi connectivity index (χ4n) is 3.28. The van der Waals surface area contributed by atoms with Crippen molar-refractivity contribution < 1.29 is 4.79 Å². The Balaban J connectivity index is 1.36. The number of amides is 1. The largest absolute Gasteiger partial charge is 0.289 e. The van der Waals surface area contributed by atoms with Gasteiger partial charge >= 0.3 is 0 Å². The minimum atomic E-state index is -0.232. The predicted molar refractivity (Wildman–Crippen MR) is 121 cm³/mol. The van der Waals surface area contributed by atoms with Crippen LogP contribution in [0.1, 0.15) is 15.9 Å². The molecule has 6 heteroatoms. The van der Waals surface area contributed by atoms with E-state index in [0.717, 1.165) is 27.3 Å². The molecule has 0 aliphatic heterocycles. The zero-order chi connectivity index (χ0) is 20.5. The molecule has 2 heterocycles. The van der Waals surface area contributed by atoms with Crippen LogP contribution in [0.2, 0.25) is 0 Å². The molecule has 5 aromatic rings. The summed E-state index contributed by atoms with van der Waals surface area (Å²) in [7, 11) is 0. The van der Waals surface area contributed by atoms with E-state index in [2.05, 4.69) is 46.6 Å². The maximum atomic E-state index is 12.7. The third-order valence-corrected chi connectivity index (χ3v) is 5.72. The summed E-state index contributed by atoms with van der Waals surface area (Å²) in [5.41, 5.74) is 5.96. The predicted octanol–water partition coefficient (Wildman–Crippen LogP) is 5.69. The maximum Gasteiger partial charge on any atom is 0.258 e. The van der Waals surface area contributed by atoms with Crippen LogP contribution in [0, 0.1) is 6.92 Å². The molecule has 1 amide bonds. The second-order valence-electron chi connectivity index (χ2n) is 7.01. The first-order chi connectivity index (χ1) is 14.7. The average Bonchev–Trinajstić information content (AvgIpc) is 3.35. The van der Waals surface area contributed by atoms with E-state index in [0.29, 0.717) is 11.5 Å². The Morgan fingerprint density at radius 2 is 1.53 bits per heavy atom. The third-order valence-electron chi connectivity index (χ3n) is 4.91. The maximum absolute atomic E-state index is 12.7. The molecule has 0 atom stereocenters. The lowest BCUT2D eigenvalue weighted by Gasteiger charge is -2.04. The standard InChI is InChI=1S/C24H18N4OS/c1-16-7-9-19(10-8-16)21-15-30-24-26-23(27-28(21)24)25-22(29)20-13-11-18(12-14-20)17-5-3-2-4-6-17/h2-15H,1H3,(H,25,27,29).